The third-order valence-electron chi connectivity index (χ3n) is 5.39. The molecule has 0 saturated carbocycles. The van der Waals surface area contributed by atoms with E-state index < -0.39 is 48.2 Å². The van der Waals surface area contributed by atoms with E-state index in [1.54, 1.807) is 46.8 Å². The number of aliphatic hydroxyl groups is 1. The van der Waals surface area contributed by atoms with Crippen LogP contribution in [0.3, 0.4) is 0 Å². The van der Waals surface area contributed by atoms with Crippen molar-refractivity contribution in [2.24, 2.45) is 0 Å². The third-order valence-corrected chi connectivity index (χ3v) is 5.39. The Morgan fingerprint density at radius 1 is 0.971 bits per heavy atom. The van der Waals surface area contributed by atoms with Crippen LogP contribution in [0.25, 0.3) is 0 Å². The van der Waals surface area contributed by atoms with E-state index in [1.807, 2.05) is 50.2 Å². The van der Waals surface area contributed by atoms with Gasteiger partial charge >= 0.3 is 6.09 Å². The van der Waals surface area contributed by atoms with E-state index in [0.717, 1.165) is 11.1 Å². The average Bonchev–Trinajstić information content (AvgIpc) is 2.76. The molecule has 0 bridgehead atoms. The van der Waals surface area contributed by atoms with Gasteiger partial charge in [0, 0.05) is 11.7 Å². The van der Waals surface area contributed by atoms with Crippen LogP contribution in [0, 0.1) is 13.8 Å². The Bertz CT molecular complexity index is 1050. The number of nitrogens with one attached hydrogen (secondary N) is 2. The van der Waals surface area contributed by atoms with Crippen molar-refractivity contribution in [1.29, 1.82) is 0 Å². The van der Waals surface area contributed by atoms with Gasteiger partial charge in [0.2, 0.25) is 5.91 Å². The monoisotopic (exact) mass is 483 g/mol. The van der Waals surface area contributed by atoms with E-state index in [-0.39, 0.29) is 0 Å². The van der Waals surface area contributed by atoms with Gasteiger partial charge in [0.25, 0.3) is 5.91 Å². The van der Waals surface area contributed by atoms with Gasteiger partial charge in [0.15, 0.2) is 0 Å². The Hall–Kier alpha value is -3.39. The lowest BCUT2D eigenvalue weighted by Gasteiger charge is -2.37. The number of carbonyl (C=O) groups is 3. The molecule has 2 atom stereocenters. The number of aryl methyl sites for hydroxylation is 2. The average molecular weight is 484 g/mol. The molecule has 0 aliphatic heterocycles. The molecule has 2 aromatic carbocycles. The van der Waals surface area contributed by atoms with Gasteiger partial charge in [0.1, 0.15) is 17.7 Å². The van der Waals surface area contributed by atoms with Gasteiger partial charge in [0.05, 0.1) is 6.61 Å². The second-order valence-corrected chi connectivity index (χ2v) is 9.78. The normalized spacial score (nSPS) is 13.1. The number of hydrogen-bond acceptors (Lipinski definition) is 5. The summed E-state index contributed by atoms with van der Waals surface area (Å²) >= 11 is 0. The predicted molar refractivity (Wildman–Crippen MR) is 136 cm³/mol. The second kappa shape index (κ2) is 11.8. The highest BCUT2D eigenvalue weighted by Crippen LogP contribution is 2.29. The maximum Gasteiger partial charge on any atom is 0.408 e. The minimum Gasteiger partial charge on any atom is -0.444 e. The molecule has 3 amide bonds. The Morgan fingerprint density at radius 2 is 1.54 bits per heavy atom. The fraction of sp³-hybridized carbons (Fsp3) is 0.444. The van der Waals surface area contributed by atoms with Crippen LogP contribution < -0.4 is 10.6 Å². The fourth-order valence-corrected chi connectivity index (χ4v) is 3.72. The Kier molecular flexibility index (Phi) is 9.42. The lowest BCUT2D eigenvalue weighted by Crippen LogP contribution is -2.55. The second-order valence-electron chi connectivity index (χ2n) is 9.78. The molecule has 0 spiro atoms. The number of aliphatic hydroxyl groups excluding tert-OH is 1. The summed E-state index contributed by atoms with van der Waals surface area (Å²) in [7, 11) is 0. The topological polar surface area (TPSA) is 108 Å². The Labute approximate surface area is 207 Å². The van der Waals surface area contributed by atoms with Crippen molar-refractivity contribution < 1.29 is 24.2 Å². The van der Waals surface area contributed by atoms with E-state index in [2.05, 4.69) is 10.6 Å². The highest BCUT2D eigenvalue weighted by Gasteiger charge is 2.38. The number of para-hydroxylation sites is 1. The zero-order chi connectivity index (χ0) is 26.3. The molecule has 0 radical (unpaired) electrons. The van der Waals surface area contributed by atoms with Crippen LogP contribution >= 0.6 is 0 Å². The molecule has 2 unspecified atom stereocenters. The van der Waals surface area contributed by atoms with Gasteiger partial charge in [-0.05, 0) is 71.2 Å². The number of hydrogen-bond donors (Lipinski definition) is 3. The molecule has 0 saturated heterocycles. The number of rotatable bonds is 8. The van der Waals surface area contributed by atoms with Crippen LogP contribution in [-0.2, 0) is 14.3 Å². The van der Waals surface area contributed by atoms with Crippen molar-refractivity contribution >= 4 is 23.6 Å². The number of nitrogens with zero attached hydrogens (tertiary/aromatic N) is 1. The summed E-state index contributed by atoms with van der Waals surface area (Å²) in [4.78, 5) is 41.1. The lowest BCUT2D eigenvalue weighted by molar-refractivity contribution is -0.143. The standard InChI is InChI=1S/C27H37N3O5/c1-17(2)30(25(33)22(16-31)29-26(34)35-27(5,6)7)23(20-14-10-8-12-18(20)3)24(32)28-21-15-11-9-13-19(21)4/h8-15,17,22-23,31H,16H2,1-7H3,(H,28,32)(H,29,34). The molecule has 0 aliphatic rings. The first-order chi connectivity index (χ1) is 16.4. The molecule has 8 heteroatoms. The van der Waals surface area contributed by atoms with E-state index in [9.17, 15) is 19.5 Å². The molecule has 8 nitrogen and oxygen atoms in total. The molecule has 3 N–H and O–H groups in total. The van der Waals surface area contributed by atoms with Crippen molar-refractivity contribution in [3.05, 3.63) is 65.2 Å². The zero-order valence-electron chi connectivity index (χ0n) is 21.6. The van der Waals surface area contributed by atoms with E-state index >= 15 is 0 Å². The lowest BCUT2D eigenvalue weighted by atomic mass is 9.96. The number of anilines is 1. The maximum atomic E-state index is 13.7. The molecule has 35 heavy (non-hydrogen) atoms. The number of alkyl carbamates (subject to hydrolysis) is 1. The van der Waals surface area contributed by atoms with Crippen LogP contribution in [0.1, 0.15) is 57.4 Å². The van der Waals surface area contributed by atoms with Crippen LogP contribution in [0.2, 0.25) is 0 Å². The molecule has 0 aliphatic carbocycles. The van der Waals surface area contributed by atoms with Crippen LogP contribution in [0.15, 0.2) is 48.5 Å². The van der Waals surface area contributed by atoms with Gasteiger partial charge in [-0.2, -0.15) is 0 Å². The first-order valence-electron chi connectivity index (χ1n) is 11.7. The Balaban J connectivity index is 2.48. The van der Waals surface area contributed by atoms with E-state index in [4.69, 9.17) is 4.74 Å². The van der Waals surface area contributed by atoms with Crippen LogP contribution in [-0.4, -0.2) is 52.2 Å². The van der Waals surface area contributed by atoms with Gasteiger partial charge in [-0.25, -0.2) is 4.79 Å². The van der Waals surface area contributed by atoms with Crippen molar-refractivity contribution in [1.82, 2.24) is 10.2 Å². The molecule has 0 aromatic heterocycles. The van der Waals surface area contributed by atoms with Crippen molar-refractivity contribution in [2.75, 3.05) is 11.9 Å². The SMILES string of the molecule is Cc1ccccc1NC(=O)C(c1ccccc1C)N(C(=O)C(CO)NC(=O)OC(C)(C)C)C(C)C. The smallest absolute Gasteiger partial charge is 0.408 e. The first-order valence-corrected chi connectivity index (χ1v) is 11.7. The van der Waals surface area contributed by atoms with E-state index in [0.29, 0.717) is 11.3 Å². The summed E-state index contributed by atoms with van der Waals surface area (Å²) < 4.78 is 5.25. The number of ether oxygens (including phenoxy) is 1. The van der Waals surface area contributed by atoms with Crippen molar-refractivity contribution in [2.45, 2.75) is 72.2 Å². The van der Waals surface area contributed by atoms with E-state index in [1.165, 1.54) is 4.90 Å². The summed E-state index contributed by atoms with van der Waals surface area (Å²) in [6, 6.07) is 12.0. The number of amides is 3. The molecule has 0 fully saturated rings. The van der Waals surface area contributed by atoms with Gasteiger partial charge in [-0.15, -0.1) is 0 Å². The quantitative estimate of drug-likeness (QED) is 0.524. The van der Waals surface area contributed by atoms with Crippen molar-refractivity contribution in [3.8, 4) is 0 Å². The minimum atomic E-state index is -1.29. The van der Waals surface area contributed by atoms with Crippen LogP contribution in [0.4, 0.5) is 10.5 Å². The summed E-state index contributed by atoms with van der Waals surface area (Å²) in [6.07, 6.45) is -0.828. The highest BCUT2D eigenvalue weighted by molar-refractivity contribution is 5.99. The molecule has 2 aromatic rings. The highest BCUT2D eigenvalue weighted by atomic mass is 16.6. The first kappa shape index (κ1) is 27.9. The summed E-state index contributed by atoms with van der Waals surface area (Å²) in [5.41, 5.74) is 2.22. The molecule has 190 valence electrons. The molecule has 0 heterocycles. The minimum absolute atomic E-state index is 0.399. The molecular weight excluding hydrogens is 446 g/mol. The largest absolute Gasteiger partial charge is 0.444 e. The summed E-state index contributed by atoms with van der Waals surface area (Å²) in [6.45, 7) is 11.8. The molecular formula is C27H37N3O5. The summed E-state index contributed by atoms with van der Waals surface area (Å²) in [5, 5.41) is 15.4. The predicted octanol–water partition coefficient (Wildman–Crippen LogP) is 4.11. The number of benzene rings is 2. The maximum absolute atomic E-state index is 13.7. The zero-order valence-corrected chi connectivity index (χ0v) is 21.6. The molecule has 2 rings (SSSR count). The fourth-order valence-electron chi connectivity index (χ4n) is 3.72. The third kappa shape index (κ3) is 7.55. The van der Waals surface area contributed by atoms with Gasteiger partial charge < -0.3 is 25.4 Å². The van der Waals surface area contributed by atoms with Crippen molar-refractivity contribution in [3.63, 3.8) is 0 Å². The number of carbonyl (C=O) groups excluding carboxylic acids is 3. The van der Waals surface area contributed by atoms with Gasteiger partial charge in [-0.1, -0.05) is 42.5 Å². The van der Waals surface area contributed by atoms with Gasteiger partial charge in [-0.3, -0.25) is 9.59 Å². The summed E-state index contributed by atoms with van der Waals surface area (Å²) in [5.74, 6) is -0.994. The van der Waals surface area contributed by atoms with Crippen LogP contribution in [0.5, 0.6) is 0 Å². The Morgan fingerprint density at radius 3 is 2.06 bits per heavy atom.